The monoisotopic (exact) mass is 486 g/mol. The van der Waals surface area contributed by atoms with Crippen LogP contribution in [0.25, 0.3) is 0 Å². The summed E-state index contributed by atoms with van der Waals surface area (Å²) in [6.45, 7) is 3.49. The van der Waals surface area contributed by atoms with Gasteiger partial charge >= 0.3 is 0 Å². The molecule has 3 aromatic rings. The first-order valence-corrected chi connectivity index (χ1v) is 10.9. The topological polar surface area (TPSA) is 86.4 Å². The Labute approximate surface area is 199 Å². The van der Waals surface area contributed by atoms with Gasteiger partial charge in [0.25, 0.3) is 11.5 Å². The van der Waals surface area contributed by atoms with Crippen LogP contribution in [0.3, 0.4) is 0 Å². The van der Waals surface area contributed by atoms with E-state index in [1.54, 1.807) is 19.9 Å². The lowest BCUT2D eigenvalue weighted by Crippen LogP contribution is -2.52. The van der Waals surface area contributed by atoms with Gasteiger partial charge in [0, 0.05) is 25.1 Å². The zero-order valence-electron chi connectivity index (χ0n) is 18.5. The normalized spacial score (nSPS) is 14.0. The molecule has 1 fully saturated rings. The van der Waals surface area contributed by atoms with E-state index in [2.05, 4.69) is 10.2 Å². The van der Waals surface area contributed by atoms with Crippen molar-refractivity contribution in [2.75, 3.05) is 24.5 Å². The van der Waals surface area contributed by atoms with Crippen LogP contribution in [0.4, 0.5) is 14.5 Å². The molecule has 1 aromatic heterocycles. The van der Waals surface area contributed by atoms with Crippen LogP contribution >= 0.6 is 11.6 Å². The van der Waals surface area contributed by atoms with Crippen LogP contribution in [-0.2, 0) is 11.2 Å². The van der Waals surface area contributed by atoms with Gasteiger partial charge in [0.2, 0.25) is 5.91 Å². The van der Waals surface area contributed by atoms with Crippen molar-refractivity contribution in [1.82, 2.24) is 15.1 Å². The Morgan fingerprint density at radius 3 is 2.56 bits per heavy atom. The fourth-order valence-corrected chi connectivity index (χ4v) is 4.13. The number of halogens is 3. The number of H-pyrrole nitrogens is 1. The van der Waals surface area contributed by atoms with E-state index in [0.717, 1.165) is 11.6 Å². The number of benzene rings is 2. The lowest BCUT2D eigenvalue weighted by atomic mass is 10.0. The molecule has 7 nitrogen and oxygen atoms in total. The summed E-state index contributed by atoms with van der Waals surface area (Å²) in [4.78, 5) is 40.1. The maximum absolute atomic E-state index is 14.6. The summed E-state index contributed by atoms with van der Waals surface area (Å²) in [5, 5.41) is 6.59. The summed E-state index contributed by atoms with van der Waals surface area (Å²) in [5.74, 6) is -2.24. The van der Waals surface area contributed by atoms with E-state index >= 15 is 0 Å². The van der Waals surface area contributed by atoms with E-state index in [9.17, 15) is 23.2 Å². The first-order valence-electron chi connectivity index (χ1n) is 10.5. The third-order valence-electron chi connectivity index (χ3n) is 5.97. The molecule has 1 aliphatic rings. The van der Waals surface area contributed by atoms with Crippen molar-refractivity contribution in [3.05, 3.63) is 91.4 Å². The summed E-state index contributed by atoms with van der Waals surface area (Å²) >= 11 is 6.07. The number of carbonyl (C=O) groups is 2. The number of anilines is 1. The van der Waals surface area contributed by atoms with Crippen molar-refractivity contribution in [3.63, 3.8) is 0 Å². The van der Waals surface area contributed by atoms with Gasteiger partial charge in [0.15, 0.2) is 0 Å². The Bertz CT molecular complexity index is 1360. The minimum Gasteiger partial charge on any atom is -0.327 e. The Hall–Kier alpha value is -3.59. The van der Waals surface area contributed by atoms with E-state index < -0.39 is 23.4 Å². The van der Waals surface area contributed by atoms with Crippen LogP contribution in [0.1, 0.15) is 32.7 Å². The van der Waals surface area contributed by atoms with Crippen LogP contribution in [-0.4, -0.2) is 46.5 Å². The second kappa shape index (κ2) is 9.34. The van der Waals surface area contributed by atoms with Gasteiger partial charge in [-0.25, -0.2) is 13.9 Å². The van der Waals surface area contributed by atoms with Gasteiger partial charge in [0.05, 0.1) is 22.0 Å². The summed E-state index contributed by atoms with van der Waals surface area (Å²) in [5.41, 5.74) is 2.44. The predicted octanol–water partition coefficient (Wildman–Crippen LogP) is 3.40. The molecular formula is C24H21ClF2N4O3. The fourth-order valence-electron chi connectivity index (χ4n) is 3.86. The number of aromatic amines is 1. The molecule has 4 rings (SSSR count). The van der Waals surface area contributed by atoms with Gasteiger partial charge in [-0.2, -0.15) is 5.10 Å². The van der Waals surface area contributed by atoms with Gasteiger partial charge in [-0.1, -0.05) is 17.7 Å². The average Bonchev–Trinajstić information content (AvgIpc) is 2.80. The maximum atomic E-state index is 14.6. The van der Waals surface area contributed by atoms with E-state index in [1.165, 1.54) is 34.1 Å². The Morgan fingerprint density at radius 2 is 1.85 bits per heavy atom. The predicted molar refractivity (Wildman–Crippen MR) is 123 cm³/mol. The number of aromatic nitrogens is 2. The van der Waals surface area contributed by atoms with E-state index in [1.807, 2.05) is 0 Å². The molecule has 2 amide bonds. The first kappa shape index (κ1) is 23.6. The molecule has 1 aliphatic heterocycles. The van der Waals surface area contributed by atoms with Crippen LogP contribution in [0.5, 0.6) is 0 Å². The third-order valence-corrected chi connectivity index (χ3v) is 6.27. The summed E-state index contributed by atoms with van der Waals surface area (Å²) in [7, 11) is 0. The molecule has 0 aliphatic carbocycles. The molecule has 1 saturated heterocycles. The second-order valence-corrected chi connectivity index (χ2v) is 8.52. The van der Waals surface area contributed by atoms with E-state index in [4.69, 9.17) is 11.6 Å². The van der Waals surface area contributed by atoms with Crippen molar-refractivity contribution in [1.29, 1.82) is 0 Å². The molecule has 0 radical (unpaired) electrons. The van der Waals surface area contributed by atoms with Gasteiger partial charge in [0.1, 0.15) is 18.2 Å². The number of piperazine rings is 1. The number of carbonyl (C=O) groups excluding carboxylic acids is 2. The lowest BCUT2D eigenvalue weighted by Gasteiger charge is -2.34. The number of nitrogens with one attached hydrogen (secondary N) is 1. The van der Waals surface area contributed by atoms with Crippen molar-refractivity contribution in [2.45, 2.75) is 20.3 Å². The number of amides is 2. The molecule has 0 spiro atoms. The standard InChI is InChI=1S/C24H21ClF2N4O3/c1-13-14(2)23(33)29-28-20(13)10-15-3-5-19(27)17(9-15)24(34)30-7-8-31(22(32)12-30)21-6-4-16(26)11-18(21)25/h3-6,9,11H,7-8,10,12H2,1-2H3,(H,29,33). The molecule has 0 saturated carbocycles. The Balaban J connectivity index is 1.53. The highest BCUT2D eigenvalue weighted by Gasteiger charge is 2.31. The number of rotatable bonds is 4. The van der Waals surface area contributed by atoms with Gasteiger partial charge in [-0.3, -0.25) is 14.4 Å². The first-order chi connectivity index (χ1) is 16.2. The average molecular weight is 487 g/mol. The zero-order chi connectivity index (χ0) is 24.6. The molecule has 2 aromatic carbocycles. The number of nitrogens with zero attached hydrogens (tertiary/aromatic N) is 3. The van der Waals surface area contributed by atoms with Crippen LogP contribution in [0, 0.1) is 25.5 Å². The number of hydrogen-bond acceptors (Lipinski definition) is 4. The van der Waals surface area contributed by atoms with Crippen molar-refractivity contribution in [2.24, 2.45) is 0 Å². The van der Waals surface area contributed by atoms with E-state index in [0.29, 0.717) is 28.9 Å². The zero-order valence-corrected chi connectivity index (χ0v) is 19.2. The molecule has 0 unspecified atom stereocenters. The SMILES string of the molecule is Cc1c(Cc2ccc(F)c(C(=O)N3CCN(c4ccc(F)cc4Cl)C(=O)C3)c2)n[nH]c(=O)c1C. The number of hydrogen-bond donors (Lipinski definition) is 1. The molecule has 10 heteroatoms. The van der Waals surface area contributed by atoms with Crippen LogP contribution < -0.4 is 10.5 Å². The smallest absolute Gasteiger partial charge is 0.267 e. The Kier molecular flexibility index (Phi) is 6.47. The van der Waals surface area contributed by atoms with Crippen molar-refractivity contribution < 1.29 is 18.4 Å². The highest BCUT2D eigenvalue weighted by molar-refractivity contribution is 6.33. The van der Waals surface area contributed by atoms with Gasteiger partial charge < -0.3 is 9.80 Å². The molecular weight excluding hydrogens is 466 g/mol. The van der Waals surface area contributed by atoms with E-state index in [-0.39, 0.29) is 35.8 Å². The van der Waals surface area contributed by atoms with Crippen LogP contribution in [0.15, 0.2) is 41.2 Å². The summed E-state index contributed by atoms with van der Waals surface area (Å²) < 4.78 is 27.9. The minimum atomic E-state index is -0.701. The third kappa shape index (κ3) is 4.56. The van der Waals surface area contributed by atoms with Crippen molar-refractivity contribution >= 4 is 29.1 Å². The summed E-state index contributed by atoms with van der Waals surface area (Å²) in [6, 6.07) is 7.91. The van der Waals surface area contributed by atoms with Crippen molar-refractivity contribution in [3.8, 4) is 0 Å². The van der Waals surface area contributed by atoms with Gasteiger partial charge in [-0.05, 0) is 55.3 Å². The van der Waals surface area contributed by atoms with Crippen LogP contribution in [0.2, 0.25) is 5.02 Å². The molecule has 0 atom stereocenters. The summed E-state index contributed by atoms with van der Waals surface area (Å²) in [6.07, 6.45) is 0.291. The Morgan fingerprint density at radius 1 is 1.09 bits per heavy atom. The lowest BCUT2D eigenvalue weighted by molar-refractivity contribution is -0.120. The molecule has 176 valence electrons. The molecule has 0 bridgehead atoms. The minimum absolute atomic E-state index is 0.0910. The fraction of sp³-hybridized carbons (Fsp3) is 0.250. The molecule has 2 heterocycles. The van der Waals surface area contributed by atoms with Gasteiger partial charge in [-0.15, -0.1) is 0 Å². The second-order valence-electron chi connectivity index (χ2n) is 8.11. The highest BCUT2D eigenvalue weighted by Crippen LogP contribution is 2.28. The quantitative estimate of drug-likeness (QED) is 0.612. The highest BCUT2D eigenvalue weighted by atomic mass is 35.5. The maximum Gasteiger partial charge on any atom is 0.267 e. The molecule has 1 N–H and O–H groups in total. The molecule has 34 heavy (non-hydrogen) atoms. The largest absolute Gasteiger partial charge is 0.327 e.